The largest absolute Gasteiger partial charge is 0.375 e. The third-order valence-electron chi connectivity index (χ3n) is 3.07. The Kier molecular flexibility index (Phi) is 5.48. The number of benzene rings is 2. The normalized spacial score (nSPS) is 10.2. The van der Waals surface area contributed by atoms with Crippen molar-refractivity contribution in [2.75, 3.05) is 18.9 Å². The molecule has 21 heavy (non-hydrogen) atoms. The van der Waals surface area contributed by atoms with Gasteiger partial charge in [-0.3, -0.25) is 4.79 Å². The number of nitrogens with one attached hydrogen (secondary N) is 1. The van der Waals surface area contributed by atoms with Crippen molar-refractivity contribution >= 4 is 34.8 Å². The molecule has 2 rings (SSSR count). The Morgan fingerprint density at radius 1 is 1.10 bits per heavy atom. The molecule has 0 atom stereocenters. The molecule has 0 radical (unpaired) electrons. The quantitative estimate of drug-likeness (QED) is 0.900. The van der Waals surface area contributed by atoms with Gasteiger partial charge in [0.1, 0.15) is 0 Å². The summed E-state index contributed by atoms with van der Waals surface area (Å²) in [5.41, 5.74) is 1.75. The summed E-state index contributed by atoms with van der Waals surface area (Å²) in [6.45, 7) is 0.744. The molecule has 0 saturated heterocycles. The zero-order chi connectivity index (χ0) is 15.2. The van der Waals surface area contributed by atoms with Gasteiger partial charge in [-0.1, -0.05) is 59.6 Å². The van der Waals surface area contributed by atoms with Crippen LogP contribution in [0.25, 0.3) is 0 Å². The lowest BCUT2D eigenvalue weighted by Gasteiger charge is -2.18. The van der Waals surface area contributed by atoms with Crippen LogP contribution in [0, 0.1) is 0 Å². The topological polar surface area (TPSA) is 32.3 Å². The lowest BCUT2D eigenvalue weighted by molar-refractivity contribution is -0.128. The van der Waals surface area contributed by atoms with Crippen LogP contribution in [0.5, 0.6) is 0 Å². The fourth-order valence-corrected chi connectivity index (χ4v) is 2.26. The van der Waals surface area contributed by atoms with E-state index in [-0.39, 0.29) is 12.5 Å². The van der Waals surface area contributed by atoms with E-state index in [9.17, 15) is 4.79 Å². The third-order valence-corrected chi connectivity index (χ3v) is 3.89. The molecule has 0 fully saturated rings. The first-order chi connectivity index (χ1) is 10.1. The Morgan fingerprint density at radius 3 is 2.52 bits per heavy atom. The Balaban J connectivity index is 1.91. The summed E-state index contributed by atoms with van der Waals surface area (Å²) in [4.78, 5) is 13.8. The van der Waals surface area contributed by atoms with Gasteiger partial charge in [0, 0.05) is 13.6 Å². The van der Waals surface area contributed by atoms with Crippen LogP contribution in [-0.2, 0) is 11.3 Å². The number of likely N-dealkylation sites (N-methyl/N-ethyl adjacent to an activating group) is 1. The van der Waals surface area contributed by atoms with Crippen LogP contribution in [0.2, 0.25) is 10.0 Å². The van der Waals surface area contributed by atoms with E-state index in [1.165, 1.54) is 0 Å². The smallest absolute Gasteiger partial charge is 0.241 e. The first-order valence-electron chi connectivity index (χ1n) is 6.53. The first-order valence-corrected chi connectivity index (χ1v) is 7.29. The van der Waals surface area contributed by atoms with E-state index in [0.717, 1.165) is 5.56 Å². The van der Waals surface area contributed by atoms with Gasteiger partial charge in [0.25, 0.3) is 0 Å². The van der Waals surface area contributed by atoms with E-state index in [1.54, 1.807) is 30.1 Å². The molecular formula is C16H16Cl2N2O. The lowest BCUT2D eigenvalue weighted by Crippen LogP contribution is -2.31. The van der Waals surface area contributed by atoms with Gasteiger partial charge in [-0.15, -0.1) is 0 Å². The molecule has 0 bridgehead atoms. The second-order valence-corrected chi connectivity index (χ2v) is 5.48. The van der Waals surface area contributed by atoms with Crippen LogP contribution >= 0.6 is 23.2 Å². The van der Waals surface area contributed by atoms with Crippen LogP contribution in [-0.4, -0.2) is 24.4 Å². The van der Waals surface area contributed by atoms with Crippen molar-refractivity contribution in [2.45, 2.75) is 6.54 Å². The van der Waals surface area contributed by atoms with Gasteiger partial charge in [-0.25, -0.2) is 0 Å². The van der Waals surface area contributed by atoms with E-state index in [2.05, 4.69) is 5.32 Å². The molecule has 5 heteroatoms. The fourth-order valence-electron chi connectivity index (χ4n) is 1.89. The predicted octanol–water partition coefficient (Wildman–Crippen LogP) is 4.06. The molecule has 0 spiro atoms. The highest BCUT2D eigenvalue weighted by Gasteiger charge is 2.10. The van der Waals surface area contributed by atoms with Gasteiger partial charge < -0.3 is 10.2 Å². The van der Waals surface area contributed by atoms with Crippen LogP contribution in [0.1, 0.15) is 5.56 Å². The molecule has 3 nitrogen and oxygen atoms in total. The number of nitrogens with zero attached hydrogens (tertiary/aromatic N) is 1. The summed E-state index contributed by atoms with van der Waals surface area (Å²) in [6, 6.07) is 15.1. The summed E-state index contributed by atoms with van der Waals surface area (Å²) >= 11 is 12.0. The number of hydrogen-bond acceptors (Lipinski definition) is 2. The van der Waals surface area contributed by atoms with Crippen LogP contribution in [0.4, 0.5) is 5.69 Å². The summed E-state index contributed by atoms with van der Waals surface area (Å²) in [7, 11) is 1.77. The van der Waals surface area contributed by atoms with Gasteiger partial charge in [-0.05, 0) is 17.7 Å². The number of carbonyl (C=O) groups is 1. The van der Waals surface area contributed by atoms with Gasteiger partial charge in [0.05, 0.1) is 22.3 Å². The van der Waals surface area contributed by atoms with E-state index >= 15 is 0 Å². The minimum Gasteiger partial charge on any atom is -0.375 e. The molecule has 1 N–H and O–H groups in total. The average molecular weight is 323 g/mol. The Labute approximate surface area is 134 Å². The standard InChI is InChI=1S/C16H16Cl2N2O/c1-20(11-12-6-3-2-4-7-12)15(21)10-19-14-9-5-8-13(17)16(14)18/h2-9,19H,10-11H2,1H3. The van der Waals surface area contributed by atoms with E-state index in [0.29, 0.717) is 22.3 Å². The Morgan fingerprint density at radius 2 is 1.81 bits per heavy atom. The lowest BCUT2D eigenvalue weighted by atomic mass is 10.2. The number of halogens is 2. The maximum Gasteiger partial charge on any atom is 0.241 e. The van der Waals surface area contributed by atoms with Crippen LogP contribution in [0.15, 0.2) is 48.5 Å². The molecule has 0 heterocycles. The zero-order valence-electron chi connectivity index (χ0n) is 11.6. The molecule has 0 aliphatic heterocycles. The molecular weight excluding hydrogens is 307 g/mol. The van der Waals surface area contributed by atoms with Crippen molar-refractivity contribution in [3.63, 3.8) is 0 Å². The van der Waals surface area contributed by atoms with E-state index in [1.807, 2.05) is 30.3 Å². The minimum atomic E-state index is -0.0186. The summed E-state index contributed by atoms with van der Waals surface area (Å²) in [5.74, 6) is -0.0186. The van der Waals surface area contributed by atoms with Gasteiger partial charge in [0.2, 0.25) is 5.91 Å². The van der Waals surface area contributed by atoms with Crippen molar-refractivity contribution in [2.24, 2.45) is 0 Å². The second kappa shape index (κ2) is 7.34. The second-order valence-electron chi connectivity index (χ2n) is 4.69. The molecule has 0 aliphatic carbocycles. The zero-order valence-corrected chi connectivity index (χ0v) is 13.2. The van der Waals surface area contributed by atoms with Crippen molar-refractivity contribution in [1.82, 2.24) is 4.90 Å². The van der Waals surface area contributed by atoms with Crippen molar-refractivity contribution in [1.29, 1.82) is 0 Å². The molecule has 0 unspecified atom stereocenters. The average Bonchev–Trinajstić information content (AvgIpc) is 2.49. The third kappa shape index (κ3) is 4.38. The van der Waals surface area contributed by atoms with E-state index < -0.39 is 0 Å². The molecule has 0 aliphatic rings. The fraction of sp³-hybridized carbons (Fsp3) is 0.188. The predicted molar refractivity (Wildman–Crippen MR) is 87.9 cm³/mol. The molecule has 2 aromatic rings. The van der Waals surface area contributed by atoms with Crippen molar-refractivity contribution < 1.29 is 4.79 Å². The van der Waals surface area contributed by atoms with Gasteiger partial charge >= 0.3 is 0 Å². The highest BCUT2D eigenvalue weighted by Crippen LogP contribution is 2.29. The van der Waals surface area contributed by atoms with Gasteiger partial charge in [-0.2, -0.15) is 0 Å². The highest BCUT2D eigenvalue weighted by molar-refractivity contribution is 6.43. The summed E-state index contributed by atoms with van der Waals surface area (Å²) in [6.07, 6.45) is 0. The van der Waals surface area contributed by atoms with Crippen LogP contribution < -0.4 is 5.32 Å². The number of amides is 1. The summed E-state index contributed by atoms with van der Waals surface area (Å²) in [5, 5.41) is 3.91. The maximum atomic E-state index is 12.1. The number of carbonyl (C=O) groups excluding carboxylic acids is 1. The summed E-state index contributed by atoms with van der Waals surface area (Å²) < 4.78 is 0. The minimum absolute atomic E-state index is 0.0186. The van der Waals surface area contributed by atoms with Gasteiger partial charge in [0.15, 0.2) is 0 Å². The SMILES string of the molecule is CN(Cc1ccccc1)C(=O)CNc1cccc(Cl)c1Cl. The Bertz CT molecular complexity index is 617. The van der Waals surface area contributed by atoms with E-state index in [4.69, 9.17) is 23.2 Å². The number of anilines is 1. The molecule has 1 amide bonds. The molecule has 110 valence electrons. The number of rotatable bonds is 5. The monoisotopic (exact) mass is 322 g/mol. The number of hydrogen-bond donors (Lipinski definition) is 1. The van der Waals surface area contributed by atoms with Crippen LogP contribution in [0.3, 0.4) is 0 Å². The van der Waals surface area contributed by atoms with Crippen molar-refractivity contribution in [3.8, 4) is 0 Å². The molecule has 0 aromatic heterocycles. The first kappa shape index (κ1) is 15.7. The molecule has 2 aromatic carbocycles. The Hall–Kier alpha value is -1.71. The van der Waals surface area contributed by atoms with Crippen molar-refractivity contribution in [3.05, 3.63) is 64.1 Å². The highest BCUT2D eigenvalue weighted by atomic mass is 35.5. The molecule has 0 saturated carbocycles. The maximum absolute atomic E-state index is 12.1.